The van der Waals surface area contributed by atoms with Gasteiger partial charge in [0.25, 0.3) is 0 Å². The monoisotopic (exact) mass is 719 g/mol. The summed E-state index contributed by atoms with van der Waals surface area (Å²) < 4.78 is 0. The number of fused-ring (bicyclic) bond motifs is 5. The molecule has 0 aromatic carbocycles. The SMILES string of the molecule is CCC(C)(C)C1(C)C(C)C(C)CC2C1C1(C)C(CC3CC4(CC(C)C(C)C(C)C4C)C(C)C4(C3)CC(C)C(C)C(C)(C)C4C)C(C)(C)C2(C)C1(C)C. The zero-order chi connectivity index (χ0) is 39.5. The summed E-state index contributed by atoms with van der Waals surface area (Å²) in [5.41, 5.74) is 3.20. The normalized spacial score (nSPS) is 58.0. The van der Waals surface area contributed by atoms with Crippen molar-refractivity contribution in [1.29, 1.82) is 0 Å². The molecule has 6 rings (SSSR count). The van der Waals surface area contributed by atoms with E-state index in [1.165, 1.54) is 44.9 Å². The predicted molar refractivity (Wildman–Crippen MR) is 228 cm³/mol. The van der Waals surface area contributed by atoms with Gasteiger partial charge < -0.3 is 0 Å². The third-order valence-corrected chi connectivity index (χ3v) is 25.2. The fourth-order valence-corrected chi connectivity index (χ4v) is 19.6. The van der Waals surface area contributed by atoms with E-state index in [0.29, 0.717) is 48.7 Å². The summed E-state index contributed by atoms with van der Waals surface area (Å²) in [6.45, 7) is 60.0. The standard InChI is InChI=1S/C52H94/c1-23-44(12,13)48(20)36(8)30(2)24-41-43(48)49(21)42(46(16,17)50(41,22)47(49,18)19)25-40-28-51(26-31(3)33(5)34(6)37(51)9)39(11)52(29-40)27-32(4)35(7)45(14,15)38(52)10/h30-43H,23-29H2,1-22H3. The first-order valence-electron chi connectivity index (χ1n) is 23.5. The maximum Gasteiger partial charge on any atom is -0.0184 e. The maximum absolute atomic E-state index is 2.92. The van der Waals surface area contributed by atoms with E-state index in [1.807, 2.05) is 0 Å². The molecule has 0 heteroatoms. The molecule has 0 aromatic heterocycles. The van der Waals surface area contributed by atoms with Crippen LogP contribution in [0.1, 0.15) is 197 Å². The van der Waals surface area contributed by atoms with Crippen molar-refractivity contribution in [3.8, 4) is 0 Å². The lowest BCUT2D eigenvalue weighted by Gasteiger charge is -2.70. The quantitative estimate of drug-likeness (QED) is 0.271. The zero-order valence-corrected chi connectivity index (χ0v) is 39.5. The highest BCUT2D eigenvalue weighted by molar-refractivity contribution is 5.32. The number of rotatable bonds is 4. The number of hydrogen-bond acceptors (Lipinski definition) is 0. The molecule has 2 bridgehead atoms. The summed E-state index contributed by atoms with van der Waals surface area (Å²) in [5, 5.41) is 0. The van der Waals surface area contributed by atoms with Crippen LogP contribution in [0.15, 0.2) is 0 Å². The summed E-state index contributed by atoms with van der Waals surface area (Å²) in [4.78, 5) is 0. The van der Waals surface area contributed by atoms with E-state index in [1.54, 1.807) is 0 Å². The van der Waals surface area contributed by atoms with Crippen molar-refractivity contribution < 1.29 is 0 Å². The van der Waals surface area contributed by atoms with E-state index in [-0.39, 0.29) is 0 Å². The van der Waals surface area contributed by atoms with Gasteiger partial charge in [0.2, 0.25) is 0 Å². The van der Waals surface area contributed by atoms with Gasteiger partial charge in [0.05, 0.1) is 0 Å². The van der Waals surface area contributed by atoms with E-state index in [2.05, 4.69) is 152 Å². The summed E-state index contributed by atoms with van der Waals surface area (Å²) in [6, 6.07) is 0. The molecule has 302 valence electrons. The van der Waals surface area contributed by atoms with Crippen LogP contribution in [-0.2, 0) is 0 Å². The maximum atomic E-state index is 2.92. The molecule has 19 atom stereocenters. The van der Waals surface area contributed by atoms with Crippen LogP contribution in [0, 0.1) is 132 Å². The molecule has 6 fully saturated rings. The molecule has 52 heavy (non-hydrogen) atoms. The molecular formula is C52H94. The molecule has 6 aliphatic carbocycles. The Labute approximate surface area is 327 Å². The molecule has 0 heterocycles. The molecule has 0 radical (unpaired) electrons. The third kappa shape index (κ3) is 4.52. The van der Waals surface area contributed by atoms with E-state index >= 15 is 0 Å². The number of hydrogen-bond donors (Lipinski definition) is 0. The van der Waals surface area contributed by atoms with Crippen molar-refractivity contribution in [3.63, 3.8) is 0 Å². The Morgan fingerprint density at radius 1 is 0.577 bits per heavy atom. The molecule has 0 aromatic rings. The van der Waals surface area contributed by atoms with Gasteiger partial charge in [-0.05, 0) is 170 Å². The van der Waals surface area contributed by atoms with Crippen molar-refractivity contribution >= 4 is 0 Å². The Morgan fingerprint density at radius 2 is 1.12 bits per heavy atom. The second-order valence-corrected chi connectivity index (χ2v) is 25.9. The topological polar surface area (TPSA) is 0 Å². The van der Waals surface area contributed by atoms with Gasteiger partial charge in [-0.3, -0.25) is 0 Å². The molecule has 0 aliphatic heterocycles. The lowest BCUT2D eigenvalue weighted by molar-refractivity contribution is -0.220. The van der Waals surface area contributed by atoms with Crippen LogP contribution in [0.2, 0.25) is 0 Å². The average Bonchev–Trinajstić information content (AvgIpc) is 3.25. The summed E-state index contributed by atoms with van der Waals surface area (Å²) in [5.74, 6) is 11.1. The molecule has 19 unspecified atom stereocenters. The average molecular weight is 719 g/mol. The van der Waals surface area contributed by atoms with E-state index in [0.717, 1.165) is 82.9 Å². The lowest BCUT2D eigenvalue weighted by Crippen LogP contribution is -2.64. The van der Waals surface area contributed by atoms with Gasteiger partial charge in [0.15, 0.2) is 0 Å². The van der Waals surface area contributed by atoms with Gasteiger partial charge in [0, 0.05) is 0 Å². The van der Waals surface area contributed by atoms with Crippen LogP contribution in [-0.4, -0.2) is 0 Å². The third-order valence-electron chi connectivity index (χ3n) is 25.2. The first-order valence-corrected chi connectivity index (χ1v) is 23.5. The second-order valence-electron chi connectivity index (χ2n) is 25.9. The van der Waals surface area contributed by atoms with Crippen molar-refractivity contribution in [1.82, 2.24) is 0 Å². The largest absolute Gasteiger partial charge is 0.0649 e. The smallest absolute Gasteiger partial charge is 0.0184 e. The molecule has 0 saturated heterocycles. The Morgan fingerprint density at radius 3 is 1.67 bits per heavy atom. The van der Waals surface area contributed by atoms with Gasteiger partial charge >= 0.3 is 0 Å². The van der Waals surface area contributed by atoms with Crippen molar-refractivity contribution in [2.75, 3.05) is 0 Å². The second kappa shape index (κ2) is 12.0. The minimum Gasteiger partial charge on any atom is -0.0649 e. The Bertz CT molecular complexity index is 1360. The first kappa shape index (κ1) is 41.6. The van der Waals surface area contributed by atoms with Crippen LogP contribution >= 0.6 is 0 Å². The molecule has 6 aliphatic rings. The highest BCUT2D eigenvalue weighted by Gasteiger charge is 2.85. The summed E-state index contributed by atoms with van der Waals surface area (Å²) in [7, 11) is 0. The van der Waals surface area contributed by atoms with Crippen LogP contribution in [0.25, 0.3) is 0 Å². The fraction of sp³-hybridized carbons (Fsp3) is 1.00. The molecule has 0 nitrogen and oxygen atoms in total. The van der Waals surface area contributed by atoms with Gasteiger partial charge in [0.1, 0.15) is 0 Å². The van der Waals surface area contributed by atoms with Gasteiger partial charge in [-0.1, -0.05) is 159 Å². The molecule has 0 N–H and O–H groups in total. The molecule has 6 saturated carbocycles. The summed E-state index contributed by atoms with van der Waals surface area (Å²) in [6.07, 6.45) is 10.1. The van der Waals surface area contributed by atoms with E-state index in [4.69, 9.17) is 0 Å². The predicted octanol–water partition coefficient (Wildman–Crippen LogP) is 15.7. The van der Waals surface area contributed by atoms with Crippen LogP contribution in [0.3, 0.4) is 0 Å². The minimum atomic E-state index is 0.302. The van der Waals surface area contributed by atoms with Gasteiger partial charge in [-0.25, -0.2) is 0 Å². The van der Waals surface area contributed by atoms with Crippen LogP contribution in [0.4, 0.5) is 0 Å². The molecular weight excluding hydrogens is 625 g/mol. The highest BCUT2D eigenvalue weighted by Crippen LogP contribution is 2.90. The van der Waals surface area contributed by atoms with E-state index < -0.39 is 0 Å². The van der Waals surface area contributed by atoms with E-state index in [9.17, 15) is 0 Å². The Hall–Kier alpha value is 0. The molecule has 0 amide bonds. The van der Waals surface area contributed by atoms with Crippen molar-refractivity contribution in [2.45, 2.75) is 197 Å². The Balaban J connectivity index is 1.53. The fourth-order valence-electron chi connectivity index (χ4n) is 19.6. The first-order chi connectivity index (χ1) is 23.5. The van der Waals surface area contributed by atoms with Gasteiger partial charge in [-0.2, -0.15) is 0 Å². The van der Waals surface area contributed by atoms with Gasteiger partial charge in [-0.15, -0.1) is 0 Å². The Kier molecular flexibility index (Phi) is 9.62. The van der Waals surface area contributed by atoms with Crippen molar-refractivity contribution in [3.05, 3.63) is 0 Å². The zero-order valence-electron chi connectivity index (χ0n) is 39.5. The minimum absolute atomic E-state index is 0.302. The van der Waals surface area contributed by atoms with Crippen LogP contribution < -0.4 is 0 Å². The molecule has 2 spiro atoms. The van der Waals surface area contributed by atoms with Crippen molar-refractivity contribution in [2.24, 2.45) is 132 Å². The highest BCUT2D eigenvalue weighted by atomic mass is 14.9. The summed E-state index contributed by atoms with van der Waals surface area (Å²) >= 11 is 0. The lowest BCUT2D eigenvalue weighted by atomic mass is 9.34. The van der Waals surface area contributed by atoms with Crippen LogP contribution in [0.5, 0.6) is 0 Å².